The van der Waals surface area contributed by atoms with Gasteiger partial charge in [-0.3, -0.25) is 4.99 Å². The van der Waals surface area contributed by atoms with Crippen LogP contribution in [-0.2, 0) is 0 Å². The molecule has 0 radical (unpaired) electrons. The Kier molecular flexibility index (Phi) is 5.13. The summed E-state index contributed by atoms with van der Waals surface area (Å²) >= 11 is 6.13. The Balaban J connectivity index is 1.35. The molecule has 3 aliphatic rings. The van der Waals surface area contributed by atoms with E-state index in [0.717, 1.165) is 18.2 Å². The number of nitrogens with one attached hydrogen (secondary N) is 1. The second-order valence-electron chi connectivity index (χ2n) is 6.93. The minimum Gasteiger partial charge on any atom is -0.495 e. The van der Waals surface area contributed by atoms with Crippen LogP contribution in [0.1, 0.15) is 6.92 Å². The van der Waals surface area contributed by atoms with Crippen LogP contribution in [0.15, 0.2) is 40.6 Å². The van der Waals surface area contributed by atoms with Gasteiger partial charge in [0.25, 0.3) is 0 Å². The Morgan fingerprint density at radius 3 is 2.75 bits per heavy atom. The summed E-state index contributed by atoms with van der Waals surface area (Å²) in [4.78, 5) is 27.9. The third-order valence-corrected chi connectivity index (χ3v) is 5.41. The van der Waals surface area contributed by atoms with Crippen molar-refractivity contribution in [1.82, 2.24) is 14.7 Å². The summed E-state index contributed by atoms with van der Waals surface area (Å²) < 4.78 is 5.14. The molecule has 1 atom stereocenters. The second kappa shape index (κ2) is 7.71. The largest absolute Gasteiger partial charge is 0.495 e. The summed E-state index contributed by atoms with van der Waals surface area (Å²) in [7, 11) is 1.56. The number of amidine groups is 2. The molecule has 1 aromatic rings. The number of hydrogen-bond acceptors (Lipinski definition) is 6. The quantitative estimate of drug-likeness (QED) is 0.824. The van der Waals surface area contributed by atoms with Crippen LogP contribution in [0.5, 0.6) is 5.75 Å². The predicted octanol–water partition coefficient (Wildman–Crippen LogP) is 2.48. The van der Waals surface area contributed by atoms with Gasteiger partial charge in [0.15, 0.2) is 11.7 Å². The van der Waals surface area contributed by atoms with Crippen LogP contribution < -0.4 is 10.1 Å². The molecule has 8 nitrogen and oxygen atoms in total. The van der Waals surface area contributed by atoms with E-state index in [1.807, 2.05) is 12.4 Å². The van der Waals surface area contributed by atoms with Crippen LogP contribution in [0, 0.1) is 0 Å². The molecule has 0 aromatic heterocycles. The first-order valence-corrected chi connectivity index (χ1v) is 9.66. The second-order valence-corrected chi connectivity index (χ2v) is 7.33. The highest BCUT2D eigenvalue weighted by Gasteiger charge is 2.33. The molecule has 9 heteroatoms. The first kappa shape index (κ1) is 18.6. The van der Waals surface area contributed by atoms with Crippen molar-refractivity contribution < 1.29 is 9.53 Å². The lowest BCUT2D eigenvalue weighted by Crippen LogP contribution is -2.55. The molecule has 28 heavy (non-hydrogen) atoms. The zero-order valence-electron chi connectivity index (χ0n) is 15.9. The number of halogens is 1. The number of urea groups is 1. The summed E-state index contributed by atoms with van der Waals surface area (Å²) in [6.07, 6.45) is 3.80. The molecule has 0 bridgehead atoms. The number of ether oxygens (including phenoxy) is 1. The van der Waals surface area contributed by atoms with E-state index in [2.05, 4.69) is 32.0 Å². The van der Waals surface area contributed by atoms with E-state index in [1.165, 1.54) is 0 Å². The average molecular weight is 403 g/mol. The van der Waals surface area contributed by atoms with Gasteiger partial charge < -0.3 is 24.8 Å². The minimum atomic E-state index is -0.139. The Morgan fingerprint density at radius 1 is 1.25 bits per heavy atom. The van der Waals surface area contributed by atoms with E-state index in [0.29, 0.717) is 48.7 Å². The molecule has 2 amide bonds. The topological polar surface area (TPSA) is 72.8 Å². The molecule has 0 spiro atoms. The van der Waals surface area contributed by atoms with Gasteiger partial charge in [0.2, 0.25) is 0 Å². The van der Waals surface area contributed by atoms with Crippen LogP contribution in [0.2, 0.25) is 5.02 Å². The van der Waals surface area contributed by atoms with E-state index >= 15 is 0 Å². The number of carbonyl (C=O) groups excluding carboxylic acids is 1. The highest BCUT2D eigenvalue weighted by molar-refractivity contribution is 6.41. The Bertz CT molecular complexity index is 860. The van der Waals surface area contributed by atoms with Crippen molar-refractivity contribution >= 4 is 35.0 Å². The Labute approximate surface area is 169 Å². The van der Waals surface area contributed by atoms with Crippen molar-refractivity contribution in [3.8, 4) is 5.75 Å². The fourth-order valence-electron chi connectivity index (χ4n) is 3.53. The molecule has 4 rings (SSSR count). The van der Waals surface area contributed by atoms with E-state index in [9.17, 15) is 4.79 Å². The standard InChI is InChI=1S/C19H23ClN6O2/c1-13-12-22-18-17(21-5-6-26(13)18)24-7-9-25(10-8-24)19(27)23-14-3-4-16(28-2)15(20)11-14/h3-6,11,13H,7-10,12H2,1-2H3,(H,23,27)/t13-/m1/s1. The van der Waals surface area contributed by atoms with Gasteiger partial charge in [-0.1, -0.05) is 11.6 Å². The van der Waals surface area contributed by atoms with Gasteiger partial charge in [-0.25, -0.2) is 9.79 Å². The van der Waals surface area contributed by atoms with Gasteiger partial charge in [0.05, 0.1) is 24.7 Å². The maximum Gasteiger partial charge on any atom is 0.321 e. The van der Waals surface area contributed by atoms with Gasteiger partial charge in [0.1, 0.15) is 5.75 Å². The SMILES string of the molecule is COc1ccc(NC(=O)N2CCN(C3=NC=CN4C3=NC[C@H]4C)CC2)cc1Cl. The molecular weight excluding hydrogens is 380 g/mol. The molecule has 1 saturated heterocycles. The number of fused-ring (bicyclic) bond motifs is 1. The van der Waals surface area contributed by atoms with Gasteiger partial charge >= 0.3 is 6.03 Å². The lowest BCUT2D eigenvalue weighted by molar-refractivity contribution is 0.182. The number of nitrogens with zero attached hydrogens (tertiary/aromatic N) is 5. The number of benzene rings is 1. The number of carbonyl (C=O) groups is 1. The van der Waals surface area contributed by atoms with Gasteiger partial charge in [0, 0.05) is 44.3 Å². The van der Waals surface area contributed by atoms with Crippen molar-refractivity contribution in [3.05, 3.63) is 35.6 Å². The summed E-state index contributed by atoms with van der Waals surface area (Å²) in [6, 6.07) is 5.42. The fraction of sp³-hybridized carbons (Fsp3) is 0.421. The first-order chi connectivity index (χ1) is 13.6. The van der Waals surface area contributed by atoms with Crippen molar-refractivity contribution in [2.24, 2.45) is 9.98 Å². The van der Waals surface area contributed by atoms with E-state index in [-0.39, 0.29) is 6.03 Å². The maximum atomic E-state index is 12.6. The lowest BCUT2D eigenvalue weighted by atomic mass is 10.2. The average Bonchev–Trinajstić information content (AvgIpc) is 3.09. The van der Waals surface area contributed by atoms with Crippen molar-refractivity contribution in [2.75, 3.05) is 45.2 Å². The third kappa shape index (κ3) is 3.52. The first-order valence-electron chi connectivity index (χ1n) is 9.29. The molecular formula is C19H23ClN6O2. The van der Waals surface area contributed by atoms with Crippen LogP contribution in [-0.4, -0.2) is 78.3 Å². The number of aliphatic imine (C=N–C) groups is 2. The molecule has 3 heterocycles. The monoisotopic (exact) mass is 402 g/mol. The van der Waals surface area contributed by atoms with E-state index in [4.69, 9.17) is 16.3 Å². The van der Waals surface area contributed by atoms with Gasteiger partial charge in [-0.2, -0.15) is 0 Å². The normalized spacial score (nSPS) is 21.2. The number of amides is 2. The van der Waals surface area contributed by atoms with Crippen LogP contribution in [0.25, 0.3) is 0 Å². The number of hydrogen-bond donors (Lipinski definition) is 1. The van der Waals surface area contributed by atoms with Crippen molar-refractivity contribution in [3.63, 3.8) is 0 Å². The zero-order chi connectivity index (χ0) is 19.7. The van der Waals surface area contributed by atoms with Gasteiger partial charge in [-0.05, 0) is 25.1 Å². The Hall–Kier alpha value is -2.74. The Morgan fingerprint density at radius 2 is 2.04 bits per heavy atom. The number of rotatable bonds is 2. The molecule has 0 aliphatic carbocycles. The molecule has 1 fully saturated rings. The number of piperazine rings is 1. The summed E-state index contributed by atoms with van der Waals surface area (Å²) in [6.45, 7) is 5.58. The lowest BCUT2D eigenvalue weighted by Gasteiger charge is -2.38. The molecule has 148 valence electrons. The highest BCUT2D eigenvalue weighted by Crippen LogP contribution is 2.27. The van der Waals surface area contributed by atoms with Gasteiger partial charge in [-0.15, -0.1) is 0 Å². The molecule has 3 aliphatic heterocycles. The zero-order valence-corrected chi connectivity index (χ0v) is 16.7. The van der Waals surface area contributed by atoms with E-state index in [1.54, 1.807) is 30.2 Å². The van der Waals surface area contributed by atoms with Crippen LogP contribution in [0.3, 0.4) is 0 Å². The molecule has 1 N–H and O–H groups in total. The number of methoxy groups -OCH3 is 1. The summed E-state index contributed by atoms with van der Waals surface area (Å²) in [5, 5.41) is 3.36. The summed E-state index contributed by atoms with van der Waals surface area (Å²) in [5.41, 5.74) is 0.643. The van der Waals surface area contributed by atoms with Crippen LogP contribution >= 0.6 is 11.6 Å². The van der Waals surface area contributed by atoms with E-state index < -0.39 is 0 Å². The predicted molar refractivity (Wildman–Crippen MR) is 110 cm³/mol. The van der Waals surface area contributed by atoms with Crippen molar-refractivity contribution in [2.45, 2.75) is 13.0 Å². The highest BCUT2D eigenvalue weighted by atomic mass is 35.5. The third-order valence-electron chi connectivity index (χ3n) is 5.12. The molecule has 0 saturated carbocycles. The smallest absolute Gasteiger partial charge is 0.321 e. The summed E-state index contributed by atoms with van der Waals surface area (Å²) in [5.74, 6) is 2.41. The minimum absolute atomic E-state index is 0.139. The molecule has 0 unspecified atom stereocenters. The maximum absolute atomic E-state index is 12.6. The van der Waals surface area contributed by atoms with Crippen LogP contribution in [0.4, 0.5) is 10.5 Å². The van der Waals surface area contributed by atoms with Crippen molar-refractivity contribution in [1.29, 1.82) is 0 Å². The number of anilines is 1. The molecule has 1 aromatic carbocycles. The fourth-order valence-corrected chi connectivity index (χ4v) is 3.78.